The van der Waals surface area contributed by atoms with E-state index >= 15 is 0 Å². The molecule has 0 spiro atoms. The largest absolute Gasteiger partial charge is 0.380 e. The lowest BCUT2D eigenvalue weighted by Crippen LogP contribution is -2.38. The third kappa shape index (κ3) is 6.76. The number of rotatable bonds is 8. The molecule has 0 saturated carbocycles. The molecule has 7 heteroatoms. The Morgan fingerprint density at radius 1 is 1.37 bits per heavy atom. The molecular weight excluding hydrogens is 246 g/mol. The SMILES string of the molecule is CCNC(=NCCOCC)NCCc1nc(C)no1. The molecule has 0 aromatic carbocycles. The Hall–Kier alpha value is -1.63. The van der Waals surface area contributed by atoms with Crippen molar-refractivity contribution < 1.29 is 9.26 Å². The zero-order valence-electron chi connectivity index (χ0n) is 11.9. The zero-order valence-corrected chi connectivity index (χ0v) is 11.9. The number of aliphatic imine (C=N–C) groups is 1. The third-order valence-corrected chi connectivity index (χ3v) is 2.25. The van der Waals surface area contributed by atoms with Crippen LogP contribution in [0.5, 0.6) is 0 Å². The van der Waals surface area contributed by atoms with Crippen LogP contribution in [0.4, 0.5) is 0 Å². The minimum absolute atomic E-state index is 0.634. The molecule has 0 fully saturated rings. The van der Waals surface area contributed by atoms with E-state index in [4.69, 9.17) is 9.26 Å². The molecule has 0 unspecified atom stereocenters. The number of aromatic nitrogens is 2. The molecular formula is C12H23N5O2. The van der Waals surface area contributed by atoms with Gasteiger partial charge in [-0.05, 0) is 20.8 Å². The Bertz CT molecular complexity index is 378. The van der Waals surface area contributed by atoms with Gasteiger partial charge in [-0.25, -0.2) is 0 Å². The van der Waals surface area contributed by atoms with Crippen LogP contribution < -0.4 is 10.6 Å². The molecule has 0 atom stereocenters. The topological polar surface area (TPSA) is 84.6 Å². The maximum atomic E-state index is 5.24. The minimum Gasteiger partial charge on any atom is -0.380 e. The van der Waals surface area contributed by atoms with Crippen LogP contribution in [0.25, 0.3) is 0 Å². The quantitative estimate of drug-likeness (QED) is 0.406. The van der Waals surface area contributed by atoms with Crippen LogP contribution in [-0.4, -0.2) is 48.9 Å². The highest BCUT2D eigenvalue weighted by atomic mass is 16.5. The highest BCUT2D eigenvalue weighted by molar-refractivity contribution is 5.79. The van der Waals surface area contributed by atoms with E-state index in [2.05, 4.69) is 25.8 Å². The normalized spacial score (nSPS) is 11.6. The highest BCUT2D eigenvalue weighted by Crippen LogP contribution is 1.95. The summed E-state index contributed by atoms with van der Waals surface area (Å²) in [6.45, 7) is 9.32. The van der Waals surface area contributed by atoms with Crippen LogP contribution in [-0.2, 0) is 11.2 Å². The summed E-state index contributed by atoms with van der Waals surface area (Å²) in [7, 11) is 0. The van der Waals surface area contributed by atoms with Crippen molar-refractivity contribution in [2.24, 2.45) is 4.99 Å². The summed E-state index contributed by atoms with van der Waals surface area (Å²) in [5.41, 5.74) is 0. The first-order valence-corrected chi connectivity index (χ1v) is 6.65. The minimum atomic E-state index is 0.634. The van der Waals surface area contributed by atoms with Gasteiger partial charge in [0.1, 0.15) is 0 Å². The predicted octanol–water partition coefficient (Wildman–Crippen LogP) is 0.512. The van der Waals surface area contributed by atoms with Crippen molar-refractivity contribution in [2.45, 2.75) is 27.2 Å². The maximum absolute atomic E-state index is 5.24. The van der Waals surface area contributed by atoms with Crippen LogP contribution in [0.3, 0.4) is 0 Å². The Labute approximate surface area is 113 Å². The molecule has 0 aliphatic carbocycles. The van der Waals surface area contributed by atoms with E-state index < -0.39 is 0 Å². The van der Waals surface area contributed by atoms with Gasteiger partial charge in [0.25, 0.3) is 0 Å². The smallest absolute Gasteiger partial charge is 0.228 e. The number of hydrogen-bond acceptors (Lipinski definition) is 5. The summed E-state index contributed by atoms with van der Waals surface area (Å²) >= 11 is 0. The first kappa shape index (κ1) is 15.4. The highest BCUT2D eigenvalue weighted by Gasteiger charge is 2.03. The van der Waals surface area contributed by atoms with E-state index in [1.54, 1.807) is 6.92 Å². The molecule has 0 aliphatic rings. The van der Waals surface area contributed by atoms with Gasteiger partial charge in [0, 0.05) is 26.1 Å². The molecule has 19 heavy (non-hydrogen) atoms. The Balaban J connectivity index is 2.28. The summed E-state index contributed by atoms with van der Waals surface area (Å²) in [6, 6.07) is 0. The molecule has 7 nitrogen and oxygen atoms in total. The number of ether oxygens (including phenoxy) is 1. The van der Waals surface area contributed by atoms with Gasteiger partial charge in [0.15, 0.2) is 11.8 Å². The molecule has 2 N–H and O–H groups in total. The average molecular weight is 269 g/mol. The summed E-state index contributed by atoms with van der Waals surface area (Å²) in [4.78, 5) is 8.53. The van der Waals surface area contributed by atoms with E-state index in [0.717, 1.165) is 19.1 Å². The molecule has 1 rings (SSSR count). The number of hydrogen-bond donors (Lipinski definition) is 2. The number of aryl methyl sites for hydroxylation is 1. The van der Waals surface area contributed by atoms with Crippen LogP contribution in [0.2, 0.25) is 0 Å². The van der Waals surface area contributed by atoms with E-state index in [1.165, 1.54) is 0 Å². The monoisotopic (exact) mass is 269 g/mol. The van der Waals surface area contributed by atoms with Crippen LogP contribution in [0, 0.1) is 6.92 Å². The number of nitrogens with one attached hydrogen (secondary N) is 2. The van der Waals surface area contributed by atoms with Gasteiger partial charge in [-0.15, -0.1) is 0 Å². The first-order chi connectivity index (χ1) is 9.26. The van der Waals surface area contributed by atoms with Crippen molar-refractivity contribution in [2.75, 3.05) is 32.8 Å². The molecule has 0 saturated heterocycles. The van der Waals surface area contributed by atoms with Crippen molar-refractivity contribution in [3.8, 4) is 0 Å². The van der Waals surface area contributed by atoms with Gasteiger partial charge < -0.3 is 19.9 Å². The molecule has 1 aromatic heterocycles. The lowest BCUT2D eigenvalue weighted by molar-refractivity contribution is 0.155. The summed E-state index contributed by atoms with van der Waals surface area (Å²) in [5.74, 6) is 2.07. The predicted molar refractivity (Wildman–Crippen MR) is 73.2 cm³/mol. The van der Waals surface area contributed by atoms with Crippen molar-refractivity contribution in [3.05, 3.63) is 11.7 Å². The fourth-order valence-corrected chi connectivity index (χ4v) is 1.44. The summed E-state index contributed by atoms with van der Waals surface area (Å²) in [5, 5.41) is 10.1. The van der Waals surface area contributed by atoms with Gasteiger partial charge in [-0.2, -0.15) is 4.98 Å². The van der Waals surface area contributed by atoms with Crippen molar-refractivity contribution in [1.29, 1.82) is 0 Å². The van der Waals surface area contributed by atoms with E-state index in [0.29, 0.717) is 37.8 Å². The summed E-state index contributed by atoms with van der Waals surface area (Å²) in [6.07, 6.45) is 0.677. The summed E-state index contributed by atoms with van der Waals surface area (Å²) < 4.78 is 10.3. The van der Waals surface area contributed by atoms with Crippen molar-refractivity contribution >= 4 is 5.96 Å². The van der Waals surface area contributed by atoms with E-state index in [9.17, 15) is 0 Å². The third-order valence-electron chi connectivity index (χ3n) is 2.25. The standard InChI is InChI=1S/C12H23N5O2/c1-4-13-12(15-8-9-18-5-2)14-7-6-11-16-10(3)17-19-11/h4-9H2,1-3H3,(H2,13,14,15). The van der Waals surface area contributed by atoms with E-state index in [-0.39, 0.29) is 0 Å². The fraction of sp³-hybridized carbons (Fsp3) is 0.750. The second kappa shape index (κ2) is 9.32. The first-order valence-electron chi connectivity index (χ1n) is 6.65. The van der Waals surface area contributed by atoms with Gasteiger partial charge in [-0.3, -0.25) is 4.99 Å². The molecule has 0 amide bonds. The average Bonchev–Trinajstić information content (AvgIpc) is 2.80. The van der Waals surface area contributed by atoms with Gasteiger partial charge in [0.2, 0.25) is 5.89 Å². The zero-order chi connectivity index (χ0) is 13.9. The van der Waals surface area contributed by atoms with Crippen LogP contribution >= 0.6 is 0 Å². The fourth-order valence-electron chi connectivity index (χ4n) is 1.44. The van der Waals surface area contributed by atoms with Crippen molar-refractivity contribution in [1.82, 2.24) is 20.8 Å². The van der Waals surface area contributed by atoms with Crippen LogP contribution in [0.1, 0.15) is 25.6 Å². The maximum Gasteiger partial charge on any atom is 0.228 e. The molecule has 108 valence electrons. The van der Waals surface area contributed by atoms with Gasteiger partial charge >= 0.3 is 0 Å². The Morgan fingerprint density at radius 2 is 2.21 bits per heavy atom. The number of nitrogens with zero attached hydrogens (tertiary/aromatic N) is 3. The Morgan fingerprint density at radius 3 is 2.84 bits per heavy atom. The van der Waals surface area contributed by atoms with Crippen LogP contribution in [0.15, 0.2) is 9.52 Å². The van der Waals surface area contributed by atoms with Crippen molar-refractivity contribution in [3.63, 3.8) is 0 Å². The number of guanidine groups is 1. The molecule has 0 radical (unpaired) electrons. The van der Waals surface area contributed by atoms with Gasteiger partial charge in [0.05, 0.1) is 13.2 Å². The molecule has 0 aliphatic heterocycles. The lowest BCUT2D eigenvalue weighted by Gasteiger charge is -2.10. The van der Waals surface area contributed by atoms with E-state index in [1.807, 2.05) is 13.8 Å². The second-order valence-electron chi connectivity index (χ2n) is 3.87. The van der Waals surface area contributed by atoms with Gasteiger partial charge in [-0.1, -0.05) is 5.16 Å². The molecule has 1 aromatic rings. The lowest BCUT2D eigenvalue weighted by atomic mass is 10.4. The Kier molecular flexibility index (Phi) is 7.57. The second-order valence-corrected chi connectivity index (χ2v) is 3.87. The molecule has 1 heterocycles. The molecule has 0 bridgehead atoms.